The van der Waals surface area contributed by atoms with E-state index < -0.39 is 0 Å². The highest BCUT2D eigenvalue weighted by atomic mass is 79.9. The third kappa shape index (κ3) is 4.56. The van der Waals surface area contributed by atoms with E-state index in [2.05, 4.69) is 45.8 Å². The van der Waals surface area contributed by atoms with Gasteiger partial charge < -0.3 is 14.2 Å². The molecule has 1 aliphatic heterocycles. The lowest BCUT2D eigenvalue weighted by Crippen LogP contribution is -2.31. The lowest BCUT2D eigenvalue weighted by molar-refractivity contribution is -0.114. The molecule has 2 heterocycles. The largest absolute Gasteiger partial charge is 0.492 e. The second-order valence-corrected chi connectivity index (χ2v) is 10.2. The first-order chi connectivity index (χ1) is 17.3. The summed E-state index contributed by atoms with van der Waals surface area (Å²) < 4.78 is 9.06. The Morgan fingerprint density at radius 3 is 2.53 bits per heavy atom. The summed E-state index contributed by atoms with van der Waals surface area (Å²) in [7, 11) is 1.84. The van der Waals surface area contributed by atoms with Crippen molar-refractivity contribution in [2.75, 3.05) is 18.6 Å². The van der Waals surface area contributed by atoms with Gasteiger partial charge in [0, 0.05) is 34.2 Å². The number of fused-ring (bicyclic) bond motifs is 1. The molecule has 0 bridgehead atoms. The first kappa shape index (κ1) is 24.3. The van der Waals surface area contributed by atoms with E-state index in [1.54, 1.807) is 9.80 Å². The standard InChI is InChI=1S/C29H26BrN3O2S/c1-19-9-11-23(15-20(19)2)33-28(34)27(31(3)29(33)36)16-21-18-32(26-12-10-22(30)17-25(21)26)13-14-35-24-7-5-4-6-8-24/h4-12,15-18H,13-14H2,1-3H3/b27-16-. The van der Waals surface area contributed by atoms with E-state index in [4.69, 9.17) is 17.0 Å². The van der Waals surface area contributed by atoms with Crippen molar-refractivity contribution >= 4 is 61.8 Å². The molecule has 0 spiro atoms. The fourth-order valence-electron chi connectivity index (χ4n) is 4.37. The number of hydrogen-bond acceptors (Lipinski definition) is 3. The first-order valence-electron chi connectivity index (χ1n) is 11.7. The topological polar surface area (TPSA) is 37.7 Å². The molecule has 5 rings (SSSR count). The summed E-state index contributed by atoms with van der Waals surface area (Å²) >= 11 is 9.27. The number of halogens is 1. The molecule has 0 aliphatic carbocycles. The highest BCUT2D eigenvalue weighted by molar-refractivity contribution is 9.10. The van der Waals surface area contributed by atoms with Gasteiger partial charge in [-0.25, -0.2) is 0 Å². The molecule has 1 fully saturated rings. The van der Waals surface area contributed by atoms with Crippen LogP contribution in [-0.2, 0) is 11.3 Å². The number of amides is 1. The number of thiocarbonyl (C=S) groups is 1. The van der Waals surface area contributed by atoms with Gasteiger partial charge in [-0.1, -0.05) is 40.2 Å². The molecule has 182 valence electrons. The number of carbonyl (C=O) groups is 1. The number of aryl methyl sites for hydroxylation is 2. The third-order valence-corrected chi connectivity index (χ3v) is 7.47. The van der Waals surface area contributed by atoms with Crippen LogP contribution in [0.5, 0.6) is 5.75 Å². The van der Waals surface area contributed by atoms with E-state index in [0.717, 1.165) is 37.9 Å². The van der Waals surface area contributed by atoms with Gasteiger partial charge in [0.25, 0.3) is 5.91 Å². The van der Waals surface area contributed by atoms with E-state index >= 15 is 0 Å². The SMILES string of the molecule is Cc1ccc(N2C(=O)/C(=C/c3cn(CCOc4ccccc4)c4ccc(Br)cc34)N(C)C2=S)cc1C. The molecule has 0 N–H and O–H groups in total. The van der Waals surface area contributed by atoms with Crippen molar-refractivity contribution < 1.29 is 9.53 Å². The number of para-hydroxylation sites is 1. The molecule has 1 aromatic heterocycles. The van der Waals surface area contributed by atoms with Gasteiger partial charge in [0.2, 0.25) is 0 Å². The van der Waals surface area contributed by atoms with Gasteiger partial charge in [-0.05, 0) is 85.7 Å². The van der Waals surface area contributed by atoms with Crippen molar-refractivity contribution in [3.8, 4) is 5.75 Å². The Kier molecular flexibility index (Phi) is 6.69. The maximum Gasteiger partial charge on any atom is 0.281 e. The zero-order valence-electron chi connectivity index (χ0n) is 20.4. The minimum Gasteiger partial charge on any atom is -0.492 e. The minimum atomic E-state index is -0.130. The highest BCUT2D eigenvalue weighted by Crippen LogP contribution is 2.32. The molecule has 5 nitrogen and oxygen atoms in total. The van der Waals surface area contributed by atoms with E-state index in [9.17, 15) is 4.79 Å². The molecule has 1 saturated heterocycles. The summed E-state index contributed by atoms with van der Waals surface area (Å²) in [6.45, 7) is 5.30. The fraction of sp³-hybridized carbons (Fsp3) is 0.172. The smallest absolute Gasteiger partial charge is 0.281 e. The summed E-state index contributed by atoms with van der Waals surface area (Å²) in [5.74, 6) is 0.714. The van der Waals surface area contributed by atoms with Crippen LogP contribution >= 0.6 is 28.1 Å². The quantitative estimate of drug-likeness (QED) is 0.194. The summed E-state index contributed by atoms with van der Waals surface area (Å²) in [6.07, 6.45) is 4.00. The fourth-order valence-corrected chi connectivity index (χ4v) is 5.02. The van der Waals surface area contributed by atoms with Gasteiger partial charge in [0.05, 0.1) is 12.2 Å². The Morgan fingerprint density at radius 2 is 1.78 bits per heavy atom. The molecule has 7 heteroatoms. The Morgan fingerprint density at radius 1 is 1.00 bits per heavy atom. The van der Waals surface area contributed by atoms with E-state index in [1.807, 2.05) is 74.6 Å². The lowest BCUT2D eigenvalue weighted by Gasteiger charge is -2.17. The molecule has 36 heavy (non-hydrogen) atoms. The predicted octanol–water partition coefficient (Wildman–Crippen LogP) is 6.70. The van der Waals surface area contributed by atoms with Crippen LogP contribution in [-0.4, -0.2) is 34.1 Å². The predicted molar refractivity (Wildman–Crippen MR) is 153 cm³/mol. The number of rotatable bonds is 6. The Hall–Kier alpha value is -3.42. The van der Waals surface area contributed by atoms with Gasteiger partial charge in [0.15, 0.2) is 5.11 Å². The molecule has 0 radical (unpaired) electrons. The number of likely N-dealkylation sites (N-methyl/N-ethyl adjacent to an activating group) is 1. The summed E-state index contributed by atoms with van der Waals surface area (Å²) in [6, 6.07) is 21.9. The van der Waals surface area contributed by atoms with Crippen LogP contribution in [0.15, 0.2) is 83.1 Å². The van der Waals surface area contributed by atoms with Gasteiger partial charge in [0.1, 0.15) is 18.1 Å². The van der Waals surface area contributed by atoms with Crippen molar-refractivity contribution in [1.29, 1.82) is 0 Å². The minimum absolute atomic E-state index is 0.130. The Bertz CT molecular complexity index is 1510. The number of ether oxygens (including phenoxy) is 1. The van der Waals surface area contributed by atoms with Crippen LogP contribution in [0.25, 0.3) is 17.0 Å². The maximum absolute atomic E-state index is 13.6. The number of benzene rings is 3. The molecular formula is C29H26BrN3O2S. The van der Waals surface area contributed by atoms with Gasteiger partial charge in [-0.2, -0.15) is 0 Å². The average Bonchev–Trinajstić information content (AvgIpc) is 3.30. The zero-order valence-corrected chi connectivity index (χ0v) is 22.8. The van der Waals surface area contributed by atoms with Crippen LogP contribution in [0.4, 0.5) is 5.69 Å². The molecule has 0 unspecified atom stereocenters. The van der Waals surface area contributed by atoms with Crippen LogP contribution in [0, 0.1) is 13.8 Å². The molecule has 0 atom stereocenters. The number of hydrogen-bond donors (Lipinski definition) is 0. The van der Waals surface area contributed by atoms with Crippen LogP contribution in [0.1, 0.15) is 16.7 Å². The zero-order chi connectivity index (χ0) is 25.4. The summed E-state index contributed by atoms with van der Waals surface area (Å²) in [5.41, 5.74) is 5.64. The van der Waals surface area contributed by atoms with E-state index in [1.165, 1.54) is 5.56 Å². The number of carbonyl (C=O) groups excluding carboxylic acids is 1. The molecular weight excluding hydrogens is 534 g/mol. The second kappa shape index (κ2) is 9.91. The first-order valence-corrected chi connectivity index (χ1v) is 12.9. The maximum atomic E-state index is 13.6. The normalized spacial score (nSPS) is 14.9. The molecule has 1 amide bonds. The van der Waals surface area contributed by atoms with Crippen molar-refractivity contribution in [1.82, 2.24) is 9.47 Å². The van der Waals surface area contributed by atoms with Crippen molar-refractivity contribution in [2.45, 2.75) is 20.4 Å². The van der Waals surface area contributed by atoms with Crippen molar-refractivity contribution in [3.63, 3.8) is 0 Å². The Balaban J connectivity index is 1.48. The van der Waals surface area contributed by atoms with E-state index in [0.29, 0.717) is 24.0 Å². The van der Waals surface area contributed by atoms with E-state index in [-0.39, 0.29) is 5.91 Å². The van der Waals surface area contributed by atoms with Crippen molar-refractivity contribution in [3.05, 3.63) is 99.8 Å². The average molecular weight is 561 g/mol. The molecule has 3 aromatic carbocycles. The number of nitrogens with zero attached hydrogens (tertiary/aromatic N) is 3. The summed E-state index contributed by atoms with van der Waals surface area (Å²) in [5, 5.41) is 1.52. The summed E-state index contributed by atoms with van der Waals surface area (Å²) in [4.78, 5) is 17.0. The van der Waals surface area contributed by atoms with Crippen LogP contribution in [0.2, 0.25) is 0 Å². The van der Waals surface area contributed by atoms with Crippen LogP contribution in [0.3, 0.4) is 0 Å². The van der Waals surface area contributed by atoms with Crippen molar-refractivity contribution in [2.24, 2.45) is 0 Å². The number of aromatic nitrogens is 1. The van der Waals surface area contributed by atoms with Gasteiger partial charge in [-0.15, -0.1) is 0 Å². The number of anilines is 1. The molecule has 1 aliphatic rings. The molecule has 4 aromatic rings. The highest BCUT2D eigenvalue weighted by Gasteiger charge is 2.37. The Labute approximate surface area is 224 Å². The second-order valence-electron chi connectivity index (χ2n) is 8.88. The van der Waals surface area contributed by atoms with Crippen LogP contribution < -0.4 is 9.64 Å². The lowest BCUT2D eigenvalue weighted by atomic mass is 10.1. The third-order valence-electron chi connectivity index (χ3n) is 6.52. The van der Waals surface area contributed by atoms with Gasteiger partial charge >= 0.3 is 0 Å². The monoisotopic (exact) mass is 559 g/mol. The van der Waals surface area contributed by atoms with Gasteiger partial charge in [-0.3, -0.25) is 9.69 Å². The molecule has 0 saturated carbocycles.